The smallest absolute Gasteiger partial charge is 0.234 e. The van der Waals surface area contributed by atoms with Crippen molar-refractivity contribution in [1.82, 2.24) is 0 Å². The number of nitrogens with one attached hydrogen (secondary N) is 1. The summed E-state index contributed by atoms with van der Waals surface area (Å²) in [6.45, 7) is 3.62. The largest absolute Gasteiger partial charge is 0.505 e. The quantitative estimate of drug-likeness (QED) is 0.804. The number of methoxy groups -OCH3 is 1. The van der Waals surface area contributed by atoms with E-state index in [1.165, 1.54) is 7.11 Å². The summed E-state index contributed by atoms with van der Waals surface area (Å²) < 4.78 is 6.19. The SMILES string of the molecule is COc1c(Br)c(O)c(Br)c2c1C(C)(C)C(=O)N2. The second-order valence-corrected chi connectivity index (χ2v) is 5.92. The first-order valence-corrected chi connectivity index (χ1v) is 6.50. The zero-order valence-corrected chi connectivity index (χ0v) is 12.7. The van der Waals surface area contributed by atoms with Crippen molar-refractivity contribution in [3.05, 3.63) is 14.5 Å². The molecular formula is C11H11Br2NO3. The number of ether oxygens (including phenoxy) is 1. The average Bonchev–Trinajstić information content (AvgIpc) is 2.50. The third-order valence-electron chi connectivity index (χ3n) is 2.95. The molecule has 0 aromatic heterocycles. The van der Waals surface area contributed by atoms with Gasteiger partial charge >= 0.3 is 0 Å². The molecule has 0 unspecified atom stereocenters. The third-order valence-corrected chi connectivity index (χ3v) is 4.45. The highest BCUT2D eigenvalue weighted by Gasteiger charge is 2.44. The lowest BCUT2D eigenvalue weighted by molar-refractivity contribution is -0.119. The molecule has 4 nitrogen and oxygen atoms in total. The van der Waals surface area contributed by atoms with Crippen LogP contribution < -0.4 is 10.1 Å². The van der Waals surface area contributed by atoms with Crippen LogP contribution in [0.3, 0.4) is 0 Å². The lowest BCUT2D eigenvalue weighted by atomic mass is 9.85. The molecule has 1 aromatic carbocycles. The Morgan fingerprint density at radius 2 is 1.88 bits per heavy atom. The first kappa shape index (κ1) is 12.7. The van der Waals surface area contributed by atoms with Crippen molar-refractivity contribution in [3.63, 3.8) is 0 Å². The normalized spacial score (nSPS) is 16.6. The van der Waals surface area contributed by atoms with Gasteiger partial charge in [0.05, 0.1) is 22.7 Å². The van der Waals surface area contributed by atoms with E-state index in [4.69, 9.17) is 4.74 Å². The zero-order chi connectivity index (χ0) is 13.0. The number of anilines is 1. The molecule has 6 heteroatoms. The van der Waals surface area contributed by atoms with Gasteiger partial charge in [-0.05, 0) is 45.7 Å². The molecule has 1 aliphatic heterocycles. The molecule has 0 saturated carbocycles. The Bertz CT molecular complexity index is 526. The van der Waals surface area contributed by atoms with Crippen LogP contribution in [-0.2, 0) is 10.2 Å². The van der Waals surface area contributed by atoms with E-state index in [2.05, 4.69) is 37.2 Å². The van der Waals surface area contributed by atoms with Crippen LogP contribution in [0.5, 0.6) is 11.5 Å². The molecule has 2 rings (SSSR count). The van der Waals surface area contributed by atoms with E-state index in [0.717, 1.165) is 5.56 Å². The predicted octanol–water partition coefficient (Wildman–Crippen LogP) is 3.16. The third kappa shape index (κ3) is 1.57. The van der Waals surface area contributed by atoms with Crippen LogP contribution in [0.1, 0.15) is 19.4 Å². The molecule has 17 heavy (non-hydrogen) atoms. The fourth-order valence-electron chi connectivity index (χ4n) is 1.94. The molecule has 0 fully saturated rings. The van der Waals surface area contributed by atoms with Crippen LogP contribution in [0, 0.1) is 0 Å². The van der Waals surface area contributed by atoms with Crippen LogP contribution >= 0.6 is 31.9 Å². The average molecular weight is 365 g/mol. The van der Waals surface area contributed by atoms with Gasteiger partial charge in [0.2, 0.25) is 5.91 Å². The summed E-state index contributed by atoms with van der Waals surface area (Å²) in [7, 11) is 1.51. The highest BCUT2D eigenvalue weighted by atomic mass is 79.9. The van der Waals surface area contributed by atoms with Crippen LogP contribution in [0.15, 0.2) is 8.95 Å². The van der Waals surface area contributed by atoms with Gasteiger partial charge in [0, 0.05) is 5.56 Å². The molecule has 1 aromatic rings. The van der Waals surface area contributed by atoms with Crippen molar-refractivity contribution in [2.45, 2.75) is 19.3 Å². The molecule has 1 heterocycles. The van der Waals surface area contributed by atoms with E-state index >= 15 is 0 Å². The molecule has 2 N–H and O–H groups in total. The summed E-state index contributed by atoms with van der Waals surface area (Å²) >= 11 is 6.55. The van der Waals surface area contributed by atoms with Gasteiger partial charge in [0.15, 0.2) is 0 Å². The molecule has 0 saturated heterocycles. The number of amides is 1. The number of phenols is 1. The van der Waals surface area contributed by atoms with Gasteiger partial charge in [-0.25, -0.2) is 0 Å². The zero-order valence-electron chi connectivity index (χ0n) is 9.52. The first-order valence-electron chi connectivity index (χ1n) is 4.92. The van der Waals surface area contributed by atoms with Crippen molar-refractivity contribution >= 4 is 43.5 Å². The lowest BCUT2D eigenvalue weighted by Gasteiger charge is -2.20. The van der Waals surface area contributed by atoms with Crippen molar-refractivity contribution in [1.29, 1.82) is 0 Å². The molecule has 92 valence electrons. The maximum absolute atomic E-state index is 11.9. The number of aromatic hydroxyl groups is 1. The number of fused-ring (bicyclic) bond motifs is 1. The number of carbonyl (C=O) groups excluding carboxylic acids is 1. The number of benzene rings is 1. The van der Waals surface area contributed by atoms with Crippen molar-refractivity contribution in [2.24, 2.45) is 0 Å². The molecule has 0 bridgehead atoms. The Balaban J connectivity index is 2.88. The van der Waals surface area contributed by atoms with Gasteiger partial charge in [-0.2, -0.15) is 0 Å². The maximum Gasteiger partial charge on any atom is 0.234 e. The first-order chi connectivity index (χ1) is 7.82. The number of halogens is 2. The molecule has 0 aliphatic carbocycles. The van der Waals surface area contributed by atoms with Gasteiger partial charge in [-0.15, -0.1) is 0 Å². The molecule has 0 atom stereocenters. The number of hydrogen-bond donors (Lipinski definition) is 2. The predicted molar refractivity (Wildman–Crippen MR) is 71.7 cm³/mol. The van der Waals surface area contributed by atoms with Gasteiger partial charge in [0.1, 0.15) is 16.0 Å². The summed E-state index contributed by atoms with van der Waals surface area (Å²) in [6, 6.07) is 0. The summed E-state index contributed by atoms with van der Waals surface area (Å²) in [5.41, 5.74) is 0.610. The number of phenolic OH excluding ortho intramolecular Hbond substituents is 1. The van der Waals surface area contributed by atoms with Gasteiger partial charge in [-0.1, -0.05) is 0 Å². The second kappa shape index (κ2) is 3.88. The van der Waals surface area contributed by atoms with E-state index in [1.54, 1.807) is 0 Å². The Morgan fingerprint density at radius 3 is 2.41 bits per heavy atom. The fourth-order valence-corrected chi connectivity index (χ4v) is 3.26. The van der Waals surface area contributed by atoms with Crippen LogP contribution in [-0.4, -0.2) is 18.1 Å². The summed E-state index contributed by atoms with van der Waals surface area (Å²) in [5, 5.41) is 12.7. The lowest BCUT2D eigenvalue weighted by Crippen LogP contribution is -2.27. The topological polar surface area (TPSA) is 58.6 Å². The van der Waals surface area contributed by atoms with Crippen LogP contribution in [0.25, 0.3) is 0 Å². The van der Waals surface area contributed by atoms with Crippen molar-refractivity contribution < 1.29 is 14.6 Å². The summed E-state index contributed by atoms with van der Waals surface area (Å²) in [6.07, 6.45) is 0. The van der Waals surface area contributed by atoms with Crippen LogP contribution in [0.2, 0.25) is 0 Å². The van der Waals surface area contributed by atoms with E-state index in [0.29, 0.717) is 20.4 Å². The highest BCUT2D eigenvalue weighted by molar-refractivity contribution is 9.11. The molecule has 0 spiro atoms. The van der Waals surface area contributed by atoms with Gasteiger partial charge in [0.25, 0.3) is 0 Å². The van der Waals surface area contributed by atoms with Crippen molar-refractivity contribution in [3.8, 4) is 11.5 Å². The minimum absolute atomic E-state index is 0.0126. The minimum Gasteiger partial charge on any atom is -0.505 e. The Labute approximate surface area is 116 Å². The van der Waals surface area contributed by atoms with E-state index in [-0.39, 0.29) is 11.7 Å². The van der Waals surface area contributed by atoms with E-state index < -0.39 is 5.41 Å². The summed E-state index contributed by atoms with van der Waals surface area (Å²) in [4.78, 5) is 11.9. The fraction of sp³-hybridized carbons (Fsp3) is 0.364. The van der Waals surface area contributed by atoms with Crippen molar-refractivity contribution in [2.75, 3.05) is 12.4 Å². The number of hydrogen-bond acceptors (Lipinski definition) is 3. The van der Waals surface area contributed by atoms with Gasteiger partial charge < -0.3 is 15.2 Å². The van der Waals surface area contributed by atoms with Gasteiger partial charge in [-0.3, -0.25) is 4.79 Å². The van der Waals surface area contributed by atoms with Crippen LogP contribution in [0.4, 0.5) is 5.69 Å². The number of rotatable bonds is 1. The Morgan fingerprint density at radius 1 is 1.29 bits per heavy atom. The molecular weight excluding hydrogens is 354 g/mol. The standard InChI is InChI=1S/C11H11Br2NO3/c1-11(2)4-7(14-10(11)16)5(12)8(15)6(13)9(4)17-3/h15H,1-3H3,(H,14,16). The Hall–Kier alpha value is -0.750. The highest BCUT2D eigenvalue weighted by Crippen LogP contribution is 2.54. The monoisotopic (exact) mass is 363 g/mol. The molecule has 1 aliphatic rings. The Kier molecular flexibility index (Phi) is 2.90. The number of carbonyl (C=O) groups is 1. The summed E-state index contributed by atoms with van der Waals surface area (Å²) in [5.74, 6) is 0.367. The molecule has 1 amide bonds. The maximum atomic E-state index is 11.9. The second-order valence-electron chi connectivity index (χ2n) is 4.34. The minimum atomic E-state index is -0.695. The van der Waals surface area contributed by atoms with E-state index in [1.807, 2.05) is 13.8 Å². The van der Waals surface area contributed by atoms with E-state index in [9.17, 15) is 9.90 Å². The molecule has 0 radical (unpaired) electrons.